The summed E-state index contributed by atoms with van der Waals surface area (Å²) in [5, 5.41) is 8.48. The molecule has 0 bridgehead atoms. The number of carbonyl (C=O) groups excluding carboxylic acids is 1. The molecule has 17 heavy (non-hydrogen) atoms. The quantitative estimate of drug-likeness (QED) is 0.719. The molecule has 1 N–H and O–H groups in total. The van der Waals surface area contributed by atoms with Crippen LogP contribution in [0.3, 0.4) is 0 Å². The zero-order chi connectivity index (χ0) is 12.7. The molecule has 0 saturated carbocycles. The molecule has 6 nitrogen and oxygen atoms in total. The van der Waals surface area contributed by atoms with Gasteiger partial charge in [-0.05, 0) is 12.8 Å². The van der Waals surface area contributed by atoms with Gasteiger partial charge in [0.2, 0.25) is 5.91 Å². The average molecular weight is 245 g/mol. The van der Waals surface area contributed by atoms with E-state index in [0.717, 1.165) is 0 Å². The standard InChI is InChI=1S/C11H19NO5/c1-16-7-4-10(13)12-5-2-9(3-6-12)17-8-11(14)15/h9H,2-8H2,1H3,(H,14,15). The summed E-state index contributed by atoms with van der Waals surface area (Å²) >= 11 is 0. The SMILES string of the molecule is COCCC(=O)N1CCC(OCC(=O)O)CC1. The molecule has 1 saturated heterocycles. The van der Waals surface area contributed by atoms with Crippen LogP contribution < -0.4 is 0 Å². The molecule has 1 aliphatic rings. The lowest BCUT2D eigenvalue weighted by molar-refractivity contribution is -0.147. The van der Waals surface area contributed by atoms with E-state index in [4.69, 9.17) is 14.6 Å². The third-order valence-corrected chi connectivity index (χ3v) is 2.76. The average Bonchev–Trinajstić information content (AvgIpc) is 2.34. The lowest BCUT2D eigenvalue weighted by atomic mass is 10.1. The van der Waals surface area contributed by atoms with Crippen LogP contribution in [0.4, 0.5) is 0 Å². The Kier molecular flexibility index (Phi) is 5.93. The van der Waals surface area contributed by atoms with Gasteiger partial charge in [-0.3, -0.25) is 4.79 Å². The number of carboxylic acid groups (broad SMARTS) is 1. The van der Waals surface area contributed by atoms with Gasteiger partial charge in [-0.2, -0.15) is 0 Å². The van der Waals surface area contributed by atoms with E-state index in [9.17, 15) is 9.59 Å². The maximum atomic E-state index is 11.6. The molecule has 1 rings (SSSR count). The highest BCUT2D eigenvalue weighted by atomic mass is 16.5. The number of ether oxygens (including phenoxy) is 2. The summed E-state index contributed by atoms with van der Waals surface area (Å²) in [5.41, 5.74) is 0. The number of hydrogen-bond acceptors (Lipinski definition) is 4. The molecule has 1 aliphatic heterocycles. The summed E-state index contributed by atoms with van der Waals surface area (Å²) in [5.74, 6) is -0.868. The number of nitrogens with zero attached hydrogens (tertiary/aromatic N) is 1. The van der Waals surface area contributed by atoms with Gasteiger partial charge in [0.05, 0.1) is 19.1 Å². The first-order valence-electron chi connectivity index (χ1n) is 5.73. The molecule has 0 aromatic rings. The zero-order valence-corrected chi connectivity index (χ0v) is 10.1. The normalized spacial score (nSPS) is 17.1. The number of piperidine rings is 1. The van der Waals surface area contributed by atoms with Crippen molar-refractivity contribution < 1.29 is 24.2 Å². The number of methoxy groups -OCH3 is 1. The predicted octanol–water partition coefficient (Wildman–Crippen LogP) is 0.115. The summed E-state index contributed by atoms with van der Waals surface area (Å²) in [7, 11) is 1.57. The lowest BCUT2D eigenvalue weighted by Gasteiger charge is -2.31. The maximum absolute atomic E-state index is 11.6. The first-order valence-corrected chi connectivity index (χ1v) is 5.73. The second kappa shape index (κ2) is 7.24. The smallest absolute Gasteiger partial charge is 0.329 e. The molecule has 98 valence electrons. The van der Waals surface area contributed by atoms with Gasteiger partial charge < -0.3 is 19.5 Å². The summed E-state index contributed by atoms with van der Waals surface area (Å²) in [6.07, 6.45) is 1.76. The van der Waals surface area contributed by atoms with Crippen LogP contribution in [0.2, 0.25) is 0 Å². The maximum Gasteiger partial charge on any atom is 0.329 e. The fraction of sp³-hybridized carbons (Fsp3) is 0.818. The highest BCUT2D eigenvalue weighted by molar-refractivity contribution is 5.76. The Bertz CT molecular complexity index is 261. The number of rotatable bonds is 6. The Morgan fingerprint density at radius 1 is 1.35 bits per heavy atom. The monoisotopic (exact) mass is 245 g/mol. The van der Waals surface area contributed by atoms with E-state index in [0.29, 0.717) is 39.0 Å². The summed E-state index contributed by atoms with van der Waals surface area (Å²) in [6.45, 7) is 1.44. The lowest BCUT2D eigenvalue weighted by Crippen LogP contribution is -2.41. The van der Waals surface area contributed by atoms with Crippen molar-refractivity contribution in [3.63, 3.8) is 0 Å². The molecule has 0 aromatic carbocycles. The Labute approximate surface area is 100 Å². The zero-order valence-electron chi connectivity index (χ0n) is 10.1. The largest absolute Gasteiger partial charge is 0.480 e. The summed E-state index contributed by atoms with van der Waals surface area (Å²) < 4.78 is 10.0. The molecule has 1 amide bonds. The fourth-order valence-electron chi connectivity index (χ4n) is 1.81. The van der Waals surface area contributed by atoms with E-state index in [-0.39, 0.29) is 18.6 Å². The van der Waals surface area contributed by atoms with E-state index in [2.05, 4.69) is 0 Å². The van der Waals surface area contributed by atoms with E-state index in [1.165, 1.54) is 0 Å². The van der Waals surface area contributed by atoms with E-state index >= 15 is 0 Å². The number of amides is 1. The van der Waals surface area contributed by atoms with Crippen molar-refractivity contribution in [2.24, 2.45) is 0 Å². The molecular formula is C11H19NO5. The van der Waals surface area contributed by atoms with Gasteiger partial charge in [0.25, 0.3) is 0 Å². The van der Waals surface area contributed by atoms with Crippen LogP contribution >= 0.6 is 0 Å². The third-order valence-electron chi connectivity index (χ3n) is 2.76. The van der Waals surface area contributed by atoms with Gasteiger partial charge in [-0.1, -0.05) is 0 Å². The predicted molar refractivity (Wildman–Crippen MR) is 59.7 cm³/mol. The van der Waals surface area contributed by atoms with Crippen LogP contribution in [0.1, 0.15) is 19.3 Å². The van der Waals surface area contributed by atoms with Gasteiger partial charge in [0.1, 0.15) is 6.61 Å². The molecule has 0 aromatic heterocycles. The Hall–Kier alpha value is -1.14. The van der Waals surface area contributed by atoms with Crippen LogP contribution in [0, 0.1) is 0 Å². The molecular weight excluding hydrogens is 226 g/mol. The van der Waals surface area contributed by atoms with Crippen molar-refractivity contribution in [2.45, 2.75) is 25.4 Å². The highest BCUT2D eigenvalue weighted by Gasteiger charge is 2.23. The fourth-order valence-corrected chi connectivity index (χ4v) is 1.81. The summed E-state index contributed by atoms with van der Waals surface area (Å²) in [6, 6.07) is 0. The van der Waals surface area contributed by atoms with Crippen LogP contribution in [-0.2, 0) is 19.1 Å². The third kappa shape index (κ3) is 5.14. The van der Waals surface area contributed by atoms with E-state index < -0.39 is 5.97 Å². The Balaban J connectivity index is 2.20. The Morgan fingerprint density at radius 2 is 2.00 bits per heavy atom. The van der Waals surface area contributed by atoms with Crippen LogP contribution in [0.15, 0.2) is 0 Å². The second-order valence-electron chi connectivity index (χ2n) is 4.03. The topological polar surface area (TPSA) is 76.1 Å². The second-order valence-corrected chi connectivity index (χ2v) is 4.03. The first kappa shape index (κ1) is 13.9. The van der Waals surface area contributed by atoms with Crippen molar-refractivity contribution in [3.8, 4) is 0 Å². The van der Waals surface area contributed by atoms with Gasteiger partial charge in [-0.15, -0.1) is 0 Å². The molecule has 1 fully saturated rings. The molecule has 0 unspecified atom stereocenters. The molecule has 0 radical (unpaired) electrons. The minimum atomic E-state index is -0.955. The van der Waals surface area contributed by atoms with Gasteiger partial charge in [0, 0.05) is 20.2 Å². The minimum Gasteiger partial charge on any atom is -0.480 e. The van der Waals surface area contributed by atoms with Crippen LogP contribution in [-0.4, -0.2) is 61.4 Å². The number of likely N-dealkylation sites (tertiary alicyclic amines) is 1. The van der Waals surface area contributed by atoms with E-state index in [1.807, 2.05) is 0 Å². The Morgan fingerprint density at radius 3 is 2.53 bits per heavy atom. The number of carboxylic acids is 1. The number of aliphatic carboxylic acids is 1. The van der Waals surface area contributed by atoms with Crippen molar-refractivity contribution in [1.82, 2.24) is 4.90 Å². The molecule has 0 spiro atoms. The van der Waals surface area contributed by atoms with Crippen molar-refractivity contribution in [1.29, 1.82) is 0 Å². The highest BCUT2D eigenvalue weighted by Crippen LogP contribution is 2.14. The van der Waals surface area contributed by atoms with Gasteiger partial charge in [-0.25, -0.2) is 4.79 Å². The van der Waals surface area contributed by atoms with E-state index in [1.54, 1.807) is 12.0 Å². The summed E-state index contributed by atoms with van der Waals surface area (Å²) in [4.78, 5) is 23.7. The van der Waals surface area contributed by atoms with Crippen LogP contribution in [0.25, 0.3) is 0 Å². The molecule has 0 atom stereocenters. The van der Waals surface area contributed by atoms with Crippen molar-refractivity contribution in [2.75, 3.05) is 33.4 Å². The van der Waals surface area contributed by atoms with Crippen molar-refractivity contribution in [3.05, 3.63) is 0 Å². The van der Waals surface area contributed by atoms with Gasteiger partial charge in [0.15, 0.2) is 0 Å². The molecule has 1 heterocycles. The van der Waals surface area contributed by atoms with Crippen molar-refractivity contribution >= 4 is 11.9 Å². The molecule has 0 aliphatic carbocycles. The van der Waals surface area contributed by atoms with Crippen LogP contribution in [0.5, 0.6) is 0 Å². The minimum absolute atomic E-state index is 0.0439. The first-order chi connectivity index (χ1) is 8.13. The number of carbonyl (C=O) groups is 2. The number of hydrogen-bond donors (Lipinski definition) is 1. The van der Waals surface area contributed by atoms with Gasteiger partial charge >= 0.3 is 5.97 Å². The molecule has 6 heteroatoms.